The van der Waals surface area contributed by atoms with Crippen molar-refractivity contribution in [1.82, 2.24) is 10.3 Å². The molecule has 146 valence electrons. The van der Waals surface area contributed by atoms with E-state index < -0.39 is 0 Å². The maximum absolute atomic E-state index is 12.4. The van der Waals surface area contributed by atoms with E-state index in [4.69, 9.17) is 16.6 Å². The van der Waals surface area contributed by atoms with Gasteiger partial charge in [0.15, 0.2) is 5.13 Å². The molecule has 0 aliphatic carbocycles. The van der Waals surface area contributed by atoms with E-state index >= 15 is 0 Å². The minimum absolute atomic E-state index is 0.0398. The Morgan fingerprint density at radius 2 is 2.04 bits per heavy atom. The highest BCUT2D eigenvalue weighted by Crippen LogP contribution is 2.31. The zero-order valence-corrected chi connectivity index (χ0v) is 17.8. The van der Waals surface area contributed by atoms with Crippen molar-refractivity contribution in [2.45, 2.75) is 39.8 Å². The smallest absolute Gasteiger partial charge is 0.230 e. The number of hydrogen-bond acceptors (Lipinski definition) is 4. The first-order valence-electron chi connectivity index (χ1n) is 9.31. The van der Waals surface area contributed by atoms with Gasteiger partial charge < -0.3 is 5.32 Å². The summed E-state index contributed by atoms with van der Waals surface area (Å²) < 4.78 is 0. The number of benzene rings is 2. The van der Waals surface area contributed by atoms with Crippen LogP contribution in [0.2, 0.25) is 5.02 Å². The van der Waals surface area contributed by atoms with Crippen molar-refractivity contribution in [2.24, 2.45) is 0 Å². The van der Waals surface area contributed by atoms with Crippen LogP contribution in [-0.4, -0.2) is 10.9 Å². The molecule has 0 aliphatic rings. The number of aromatic nitrogens is 1. The molecule has 0 spiro atoms. The number of carbonyl (C=O) groups excluding carboxylic acids is 1. The van der Waals surface area contributed by atoms with Crippen molar-refractivity contribution in [2.75, 3.05) is 4.90 Å². The highest BCUT2D eigenvalue weighted by molar-refractivity contribution is 7.14. The van der Waals surface area contributed by atoms with Gasteiger partial charge in [-0.1, -0.05) is 48.9 Å². The molecule has 0 aliphatic heterocycles. The van der Waals surface area contributed by atoms with E-state index in [1.54, 1.807) is 11.8 Å². The summed E-state index contributed by atoms with van der Waals surface area (Å²) in [4.78, 5) is 18.8. The van der Waals surface area contributed by atoms with Gasteiger partial charge >= 0.3 is 0 Å². The summed E-state index contributed by atoms with van der Waals surface area (Å²) in [6.45, 7) is 6.38. The number of nitrogens with zero attached hydrogens (tertiary/aromatic N) is 2. The monoisotopic (exact) mass is 413 g/mol. The van der Waals surface area contributed by atoms with Crippen LogP contribution in [0.1, 0.15) is 43.6 Å². The Bertz CT molecular complexity index is 956. The molecule has 0 radical (unpaired) electrons. The molecular formula is C22H24ClN3OS. The lowest BCUT2D eigenvalue weighted by atomic mass is 10.1. The molecular weight excluding hydrogens is 390 g/mol. The SMILES string of the molecule is CCc1ccccc1N(C(C)=O)c1nc(CNC(C)c2cccc(Cl)c2)cs1. The topological polar surface area (TPSA) is 45.2 Å². The van der Waals surface area contributed by atoms with Crippen molar-refractivity contribution >= 4 is 39.7 Å². The second kappa shape index (κ2) is 9.32. The molecule has 0 saturated carbocycles. The van der Waals surface area contributed by atoms with Crippen LogP contribution in [-0.2, 0) is 17.8 Å². The fourth-order valence-electron chi connectivity index (χ4n) is 3.07. The summed E-state index contributed by atoms with van der Waals surface area (Å²) in [5.74, 6) is -0.0398. The molecule has 0 fully saturated rings. The molecule has 0 bridgehead atoms. The molecule has 3 aromatic rings. The number of carbonyl (C=O) groups is 1. The molecule has 1 atom stereocenters. The predicted octanol–water partition coefficient (Wildman–Crippen LogP) is 5.89. The molecule has 28 heavy (non-hydrogen) atoms. The lowest BCUT2D eigenvalue weighted by molar-refractivity contribution is -0.115. The second-order valence-corrected chi connectivity index (χ2v) is 7.89. The summed E-state index contributed by atoms with van der Waals surface area (Å²) in [5, 5.41) is 6.89. The molecule has 4 nitrogen and oxygen atoms in total. The predicted molar refractivity (Wildman–Crippen MR) is 117 cm³/mol. The standard InChI is InChI=1S/C22H24ClN3OS/c1-4-17-8-5-6-11-21(17)26(16(3)27)22-25-20(14-28-22)13-24-15(2)18-9-7-10-19(23)12-18/h5-12,14-15,24H,4,13H2,1-3H3. The van der Waals surface area contributed by atoms with Crippen LogP contribution < -0.4 is 10.2 Å². The Hall–Kier alpha value is -2.21. The van der Waals surface area contributed by atoms with Gasteiger partial charge in [0.05, 0.1) is 11.4 Å². The fraction of sp³-hybridized carbons (Fsp3) is 0.273. The molecule has 1 unspecified atom stereocenters. The van der Waals surface area contributed by atoms with E-state index in [1.807, 2.05) is 47.8 Å². The molecule has 1 N–H and O–H groups in total. The van der Waals surface area contributed by atoms with E-state index in [9.17, 15) is 4.79 Å². The quantitative estimate of drug-likeness (QED) is 0.524. The first-order chi connectivity index (χ1) is 13.5. The summed E-state index contributed by atoms with van der Waals surface area (Å²) in [6.07, 6.45) is 0.858. The molecule has 1 amide bonds. The largest absolute Gasteiger partial charge is 0.305 e. The number of halogens is 1. The Balaban J connectivity index is 1.75. The van der Waals surface area contributed by atoms with Crippen LogP contribution in [0, 0.1) is 0 Å². The Morgan fingerprint density at radius 1 is 1.25 bits per heavy atom. The molecule has 1 aromatic heterocycles. The Labute approximate surface area is 175 Å². The van der Waals surface area contributed by atoms with Gasteiger partial charge in [0.2, 0.25) is 5.91 Å². The number of amides is 1. The number of rotatable bonds is 7. The van der Waals surface area contributed by atoms with Gasteiger partial charge in [-0.25, -0.2) is 4.98 Å². The highest BCUT2D eigenvalue weighted by Gasteiger charge is 2.20. The Morgan fingerprint density at radius 3 is 2.75 bits per heavy atom. The van der Waals surface area contributed by atoms with Gasteiger partial charge in [-0.3, -0.25) is 9.69 Å². The minimum Gasteiger partial charge on any atom is -0.305 e. The van der Waals surface area contributed by atoms with E-state index in [0.29, 0.717) is 11.7 Å². The van der Waals surface area contributed by atoms with E-state index in [0.717, 1.165) is 34.0 Å². The lowest BCUT2D eigenvalue weighted by Gasteiger charge is -2.21. The van der Waals surface area contributed by atoms with Crippen molar-refractivity contribution < 1.29 is 4.79 Å². The van der Waals surface area contributed by atoms with Crippen molar-refractivity contribution in [3.05, 3.63) is 75.8 Å². The zero-order chi connectivity index (χ0) is 20.1. The first kappa shape index (κ1) is 20.5. The van der Waals surface area contributed by atoms with Crippen molar-refractivity contribution in [3.8, 4) is 0 Å². The maximum Gasteiger partial charge on any atom is 0.230 e. The summed E-state index contributed by atoms with van der Waals surface area (Å²) in [5.41, 5.74) is 4.07. The van der Waals surface area contributed by atoms with Crippen LogP contribution in [0.5, 0.6) is 0 Å². The van der Waals surface area contributed by atoms with Gasteiger partial charge in [0.1, 0.15) is 0 Å². The average molecular weight is 414 g/mol. The van der Waals surface area contributed by atoms with Crippen LogP contribution in [0.4, 0.5) is 10.8 Å². The molecule has 6 heteroatoms. The van der Waals surface area contributed by atoms with Crippen LogP contribution in [0.25, 0.3) is 0 Å². The summed E-state index contributed by atoms with van der Waals surface area (Å²) >= 11 is 7.56. The van der Waals surface area contributed by atoms with Crippen molar-refractivity contribution in [1.29, 1.82) is 0 Å². The number of aryl methyl sites for hydroxylation is 1. The minimum atomic E-state index is -0.0398. The van der Waals surface area contributed by atoms with Gasteiger partial charge in [0, 0.05) is 29.9 Å². The third-order valence-electron chi connectivity index (χ3n) is 4.60. The second-order valence-electron chi connectivity index (χ2n) is 6.62. The third kappa shape index (κ3) is 4.79. The number of nitrogens with one attached hydrogen (secondary N) is 1. The number of anilines is 2. The summed E-state index contributed by atoms with van der Waals surface area (Å²) in [6, 6.07) is 16.0. The Kier molecular flexibility index (Phi) is 6.83. The fourth-order valence-corrected chi connectivity index (χ4v) is 4.15. The first-order valence-corrected chi connectivity index (χ1v) is 10.6. The van der Waals surface area contributed by atoms with Crippen molar-refractivity contribution in [3.63, 3.8) is 0 Å². The van der Waals surface area contributed by atoms with Crippen LogP contribution in [0.15, 0.2) is 53.9 Å². The van der Waals surface area contributed by atoms with E-state index in [-0.39, 0.29) is 11.9 Å². The highest BCUT2D eigenvalue weighted by atomic mass is 35.5. The lowest BCUT2D eigenvalue weighted by Crippen LogP contribution is -2.24. The number of thiazole rings is 1. The molecule has 2 aromatic carbocycles. The number of hydrogen-bond donors (Lipinski definition) is 1. The van der Waals surface area contributed by atoms with Gasteiger partial charge in [0.25, 0.3) is 0 Å². The third-order valence-corrected chi connectivity index (χ3v) is 5.71. The molecule has 1 heterocycles. The zero-order valence-electron chi connectivity index (χ0n) is 16.3. The average Bonchev–Trinajstić information content (AvgIpc) is 3.14. The van der Waals surface area contributed by atoms with E-state index in [1.165, 1.54) is 11.3 Å². The van der Waals surface area contributed by atoms with Gasteiger partial charge in [-0.05, 0) is 42.7 Å². The van der Waals surface area contributed by atoms with Gasteiger partial charge in [-0.2, -0.15) is 0 Å². The normalized spacial score (nSPS) is 12.0. The van der Waals surface area contributed by atoms with Crippen LogP contribution in [0.3, 0.4) is 0 Å². The molecule has 3 rings (SSSR count). The van der Waals surface area contributed by atoms with Crippen LogP contribution >= 0.6 is 22.9 Å². The maximum atomic E-state index is 12.4. The summed E-state index contributed by atoms with van der Waals surface area (Å²) in [7, 11) is 0. The molecule has 0 saturated heterocycles. The van der Waals surface area contributed by atoms with Gasteiger partial charge in [-0.15, -0.1) is 11.3 Å². The number of para-hydroxylation sites is 1. The van der Waals surface area contributed by atoms with E-state index in [2.05, 4.69) is 25.2 Å².